The fourth-order valence-electron chi connectivity index (χ4n) is 0.836. The Balaban J connectivity index is 3.79. The number of ether oxygens (including phenoxy) is 1. The van der Waals surface area contributed by atoms with Gasteiger partial charge >= 0.3 is 5.97 Å². The van der Waals surface area contributed by atoms with E-state index in [1.165, 1.54) is 6.92 Å². The number of aliphatic carboxylic acids is 1. The van der Waals surface area contributed by atoms with Crippen LogP contribution in [-0.4, -0.2) is 43.7 Å². The maximum atomic E-state index is 11.2. The number of carboxylic acid groups (broad SMARTS) is 1. The maximum absolute atomic E-state index is 11.2. The molecule has 84 valence electrons. The topological polar surface area (TPSA) is 80.7 Å². The Hall–Kier alpha value is -0.620. The molecule has 0 rings (SSSR count). The molecule has 1 atom stereocenters. The molecule has 0 aliphatic heterocycles. The predicted octanol–water partition coefficient (Wildman–Crippen LogP) is 0.301. The van der Waals surface area contributed by atoms with Gasteiger partial charge in [-0.25, -0.2) is 13.2 Å². The largest absolute Gasteiger partial charge is 0.479 e. The van der Waals surface area contributed by atoms with Crippen LogP contribution in [0.5, 0.6) is 0 Å². The van der Waals surface area contributed by atoms with Gasteiger partial charge < -0.3 is 9.84 Å². The average Bonchev–Trinajstić information content (AvgIpc) is 2.03. The molecule has 5 nitrogen and oxygen atoms in total. The monoisotopic (exact) mass is 224 g/mol. The van der Waals surface area contributed by atoms with Crippen molar-refractivity contribution in [2.24, 2.45) is 0 Å². The zero-order chi connectivity index (χ0) is 11.2. The smallest absolute Gasteiger partial charge is 0.332 e. The number of rotatable bonds is 7. The summed E-state index contributed by atoms with van der Waals surface area (Å²) in [7, 11) is -3.07. The van der Waals surface area contributed by atoms with E-state index in [1.807, 2.05) is 0 Å². The second kappa shape index (κ2) is 5.98. The lowest BCUT2D eigenvalue weighted by Gasteiger charge is -2.08. The number of hydrogen-bond acceptors (Lipinski definition) is 4. The van der Waals surface area contributed by atoms with Crippen molar-refractivity contribution in [3.05, 3.63) is 0 Å². The first kappa shape index (κ1) is 13.4. The van der Waals surface area contributed by atoms with Gasteiger partial charge in [-0.2, -0.15) is 0 Å². The lowest BCUT2D eigenvalue weighted by molar-refractivity contribution is -0.148. The quantitative estimate of drug-likeness (QED) is 0.672. The molecule has 0 saturated carbocycles. The number of hydrogen-bond donors (Lipinski definition) is 1. The van der Waals surface area contributed by atoms with Gasteiger partial charge in [0, 0.05) is 5.75 Å². The van der Waals surface area contributed by atoms with Crippen LogP contribution in [0.25, 0.3) is 0 Å². The lowest BCUT2D eigenvalue weighted by Crippen LogP contribution is -2.24. The summed E-state index contributed by atoms with van der Waals surface area (Å²) in [5.41, 5.74) is 0. The van der Waals surface area contributed by atoms with Gasteiger partial charge in [0.25, 0.3) is 0 Å². The molecule has 0 heterocycles. The summed E-state index contributed by atoms with van der Waals surface area (Å²) < 4.78 is 27.1. The molecule has 0 fully saturated rings. The van der Waals surface area contributed by atoms with Gasteiger partial charge in [-0.3, -0.25) is 0 Å². The Labute approximate surface area is 84.0 Å². The van der Waals surface area contributed by atoms with E-state index in [9.17, 15) is 13.2 Å². The van der Waals surface area contributed by atoms with Crippen LogP contribution in [0, 0.1) is 0 Å². The van der Waals surface area contributed by atoms with E-state index in [0.717, 1.165) is 0 Å². The average molecular weight is 224 g/mol. The molecule has 0 aliphatic rings. The lowest BCUT2D eigenvalue weighted by atomic mass is 10.4. The third kappa shape index (κ3) is 5.93. The molecule has 0 aromatic rings. The molecule has 6 heteroatoms. The van der Waals surface area contributed by atoms with E-state index in [-0.39, 0.29) is 18.1 Å². The molecule has 0 unspecified atom stereocenters. The van der Waals surface area contributed by atoms with Gasteiger partial charge in [-0.1, -0.05) is 6.92 Å². The van der Waals surface area contributed by atoms with Crippen LogP contribution in [0.1, 0.15) is 20.3 Å². The van der Waals surface area contributed by atoms with Crippen molar-refractivity contribution in [2.75, 3.05) is 18.1 Å². The van der Waals surface area contributed by atoms with Crippen molar-refractivity contribution in [2.45, 2.75) is 26.4 Å². The van der Waals surface area contributed by atoms with Crippen molar-refractivity contribution >= 4 is 15.8 Å². The van der Waals surface area contributed by atoms with Gasteiger partial charge in [-0.15, -0.1) is 0 Å². The molecule has 0 bridgehead atoms. The van der Waals surface area contributed by atoms with Crippen molar-refractivity contribution in [1.82, 2.24) is 0 Å². The molecule has 14 heavy (non-hydrogen) atoms. The highest BCUT2D eigenvalue weighted by Crippen LogP contribution is 1.96. The molecule has 0 aliphatic carbocycles. The first-order chi connectivity index (χ1) is 6.39. The summed E-state index contributed by atoms with van der Waals surface area (Å²) in [6, 6.07) is 0. The van der Waals surface area contributed by atoms with Crippen molar-refractivity contribution in [3.8, 4) is 0 Å². The van der Waals surface area contributed by atoms with Crippen LogP contribution in [0.15, 0.2) is 0 Å². The Kier molecular flexibility index (Phi) is 5.71. The number of sulfone groups is 1. The highest BCUT2D eigenvalue weighted by atomic mass is 32.2. The Bertz CT molecular complexity index is 269. The van der Waals surface area contributed by atoms with E-state index in [4.69, 9.17) is 9.84 Å². The molecular formula is C8H16O5S. The van der Waals surface area contributed by atoms with E-state index in [0.29, 0.717) is 6.42 Å². The normalized spacial score (nSPS) is 13.9. The summed E-state index contributed by atoms with van der Waals surface area (Å²) in [5, 5.41) is 8.44. The molecule has 0 aromatic carbocycles. The summed E-state index contributed by atoms with van der Waals surface area (Å²) in [4.78, 5) is 10.3. The van der Waals surface area contributed by atoms with Crippen LogP contribution in [0.4, 0.5) is 0 Å². The van der Waals surface area contributed by atoms with Crippen molar-refractivity contribution < 1.29 is 23.1 Å². The first-order valence-corrected chi connectivity index (χ1v) is 6.26. The fraction of sp³-hybridized carbons (Fsp3) is 0.875. The number of carboxylic acids is 1. The van der Waals surface area contributed by atoms with Gasteiger partial charge in [0.15, 0.2) is 15.9 Å². The third-order valence-corrected chi connectivity index (χ3v) is 3.44. The predicted molar refractivity (Wildman–Crippen MR) is 52.0 cm³/mol. The van der Waals surface area contributed by atoms with Crippen molar-refractivity contribution in [1.29, 1.82) is 0 Å². The maximum Gasteiger partial charge on any atom is 0.332 e. The highest BCUT2D eigenvalue weighted by molar-refractivity contribution is 7.91. The minimum Gasteiger partial charge on any atom is -0.479 e. The summed E-state index contributed by atoms with van der Waals surface area (Å²) >= 11 is 0. The molecule has 0 radical (unpaired) electrons. The number of carbonyl (C=O) groups is 1. The molecule has 0 spiro atoms. The van der Waals surface area contributed by atoms with Gasteiger partial charge in [-0.05, 0) is 13.3 Å². The van der Waals surface area contributed by atoms with Gasteiger partial charge in [0.1, 0.15) is 0 Å². The SMILES string of the molecule is CCCS(=O)(=O)CCO[C@H](C)C(=O)O. The zero-order valence-electron chi connectivity index (χ0n) is 8.39. The van der Waals surface area contributed by atoms with Gasteiger partial charge in [0.2, 0.25) is 0 Å². The second-order valence-corrected chi connectivity index (χ2v) is 5.31. The minimum atomic E-state index is -3.07. The van der Waals surface area contributed by atoms with E-state index < -0.39 is 21.9 Å². The summed E-state index contributed by atoms with van der Waals surface area (Å²) in [5.74, 6) is -1.08. The highest BCUT2D eigenvalue weighted by Gasteiger charge is 2.14. The molecule has 0 saturated heterocycles. The van der Waals surface area contributed by atoms with E-state index in [1.54, 1.807) is 6.92 Å². The van der Waals surface area contributed by atoms with Gasteiger partial charge in [0.05, 0.1) is 12.4 Å². The van der Waals surface area contributed by atoms with Crippen LogP contribution >= 0.6 is 0 Å². The van der Waals surface area contributed by atoms with Crippen LogP contribution in [0.2, 0.25) is 0 Å². The van der Waals surface area contributed by atoms with Crippen LogP contribution < -0.4 is 0 Å². The summed E-state index contributed by atoms with van der Waals surface area (Å²) in [6.45, 7) is 3.09. The molecule has 0 aromatic heterocycles. The van der Waals surface area contributed by atoms with Crippen LogP contribution in [0.3, 0.4) is 0 Å². The van der Waals surface area contributed by atoms with Crippen LogP contribution in [-0.2, 0) is 19.4 Å². The zero-order valence-corrected chi connectivity index (χ0v) is 9.21. The summed E-state index contributed by atoms with van der Waals surface area (Å²) in [6.07, 6.45) is -0.386. The Morgan fingerprint density at radius 2 is 2.00 bits per heavy atom. The minimum absolute atomic E-state index is 0.0597. The molecular weight excluding hydrogens is 208 g/mol. The fourth-order valence-corrected chi connectivity index (χ4v) is 2.01. The Morgan fingerprint density at radius 3 is 2.43 bits per heavy atom. The molecule has 0 amide bonds. The first-order valence-electron chi connectivity index (χ1n) is 4.44. The third-order valence-electron chi connectivity index (χ3n) is 1.63. The standard InChI is InChI=1S/C8H16O5S/c1-3-5-14(11,12)6-4-13-7(2)8(9)10/h7H,3-6H2,1-2H3,(H,9,10)/t7-/m1/s1. The second-order valence-electron chi connectivity index (χ2n) is 3.00. The Morgan fingerprint density at radius 1 is 1.43 bits per heavy atom. The van der Waals surface area contributed by atoms with Crippen molar-refractivity contribution in [3.63, 3.8) is 0 Å². The molecule has 1 N–H and O–H groups in total. The van der Waals surface area contributed by atoms with E-state index in [2.05, 4.69) is 0 Å². The van der Waals surface area contributed by atoms with E-state index >= 15 is 0 Å².